The average molecular weight is 454 g/mol. The number of nitrogens with one attached hydrogen (secondary N) is 1. The van der Waals surface area contributed by atoms with E-state index in [-0.39, 0.29) is 37.3 Å². The van der Waals surface area contributed by atoms with Crippen LogP contribution in [-0.2, 0) is 20.9 Å². The topological polar surface area (TPSA) is 110 Å². The van der Waals surface area contributed by atoms with Crippen molar-refractivity contribution < 1.29 is 19.4 Å². The van der Waals surface area contributed by atoms with Gasteiger partial charge < -0.3 is 20.1 Å². The molecule has 0 aliphatic rings. The lowest BCUT2D eigenvalue weighted by molar-refractivity contribution is -0.142. The third-order valence-corrected chi connectivity index (χ3v) is 5.68. The van der Waals surface area contributed by atoms with Crippen molar-refractivity contribution in [3.63, 3.8) is 0 Å². The molecule has 2 amide bonds. The van der Waals surface area contributed by atoms with Crippen LogP contribution in [0.3, 0.4) is 0 Å². The normalized spacial score (nSPS) is 12.5. The van der Waals surface area contributed by atoms with Gasteiger partial charge in [-0.2, -0.15) is 0 Å². The van der Waals surface area contributed by atoms with E-state index in [1.807, 2.05) is 45.0 Å². The van der Waals surface area contributed by atoms with Crippen molar-refractivity contribution in [2.75, 3.05) is 20.3 Å². The molecule has 33 heavy (non-hydrogen) atoms. The zero-order valence-electron chi connectivity index (χ0n) is 19.5. The van der Waals surface area contributed by atoms with Crippen molar-refractivity contribution in [2.45, 2.75) is 45.3 Å². The van der Waals surface area contributed by atoms with Crippen LogP contribution in [0.1, 0.15) is 38.8 Å². The average Bonchev–Trinajstić information content (AvgIpc) is 3.20. The quantitative estimate of drug-likeness (QED) is 0.488. The molecular weight excluding hydrogens is 422 g/mol. The second kappa shape index (κ2) is 10.4. The molecule has 2 aromatic carbocycles. The summed E-state index contributed by atoms with van der Waals surface area (Å²) >= 11 is 0. The summed E-state index contributed by atoms with van der Waals surface area (Å²) in [6.07, 6.45) is 0.720. The van der Waals surface area contributed by atoms with Crippen LogP contribution in [0.15, 0.2) is 48.5 Å². The lowest BCUT2D eigenvalue weighted by Gasteiger charge is -2.34. The first-order valence-electron chi connectivity index (χ1n) is 10.9. The van der Waals surface area contributed by atoms with Crippen molar-refractivity contribution in [1.29, 1.82) is 0 Å². The Bertz CT molecular complexity index is 1090. The Morgan fingerprint density at radius 1 is 1.18 bits per heavy atom. The summed E-state index contributed by atoms with van der Waals surface area (Å²) in [5.74, 6) is -0.527. The van der Waals surface area contributed by atoms with E-state index in [2.05, 4.69) is 15.6 Å². The maximum Gasteiger partial charge on any atom is 0.247 e. The number of aromatic nitrogens is 3. The first kappa shape index (κ1) is 24.2. The number of aromatic hydroxyl groups is 1. The van der Waals surface area contributed by atoms with Gasteiger partial charge in [-0.15, -0.1) is 5.10 Å². The summed E-state index contributed by atoms with van der Waals surface area (Å²) in [4.78, 5) is 28.5. The van der Waals surface area contributed by atoms with Crippen LogP contribution in [0, 0.1) is 0 Å². The van der Waals surface area contributed by atoms with E-state index in [9.17, 15) is 14.7 Å². The third-order valence-electron chi connectivity index (χ3n) is 5.68. The van der Waals surface area contributed by atoms with Crippen LogP contribution in [0.2, 0.25) is 0 Å². The molecule has 0 aliphatic carbocycles. The minimum atomic E-state index is -0.908. The number of benzene rings is 2. The predicted molar refractivity (Wildman–Crippen MR) is 124 cm³/mol. The number of nitrogens with zero attached hydrogens (tertiary/aromatic N) is 4. The number of methoxy groups -OCH3 is 1. The number of carbonyl (C=O) groups excluding carboxylic acids is 2. The fourth-order valence-electron chi connectivity index (χ4n) is 3.46. The first-order chi connectivity index (χ1) is 15.8. The molecule has 0 aliphatic heterocycles. The highest BCUT2D eigenvalue weighted by molar-refractivity contribution is 5.89. The predicted octanol–water partition coefficient (Wildman–Crippen LogP) is 2.66. The molecule has 2 N–H and O–H groups in total. The van der Waals surface area contributed by atoms with Gasteiger partial charge in [0.25, 0.3) is 0 Å². The minimum Gasteiger partial charge on any atom is -0.508 e. The Hall–Kier alpha value is -3.46. The number of hydrogen-bond donors (Lipinski definition) is 2. The molecule has 0 saturated heterocycles. The smallest absolute Gasteiger partial charge is 0.247 e. The molecule has 9 heteroatoms. The maximum atomic E-state index is 13.5. The summed E-state index contributed by atoms with van der Waals surface area (Å²) in [5.41, 5.74) is 1.55. The zero-order chi connectivity index (χ0) is 24.0. The summed E-state index contributed by atoms with van der Waals surface area (Å²) in [6.45, 7) is 6.22. The van der Waals surface area contributed by atoms with Crippen LogP contribution >= 0.6 is 0 Å². The van der Waals surface area contributed by atoms with Crippen LogP contribution in [0.4, 0.5) is 0 Å². The lowest BCUT2D eigenvalue weighted by atomic mass is 9.98. The number of hydrogen-bond acceptors (Lipinski definition) is 6. The molecule has 1 aromatic heterocycles. The van der Waals surface area contributed by atoms with Gasteiger partial charge >= 0.3 is 0 Å². The van der Waals surface area contributed by atoms with Crippen molar-refractivity contribution in [2.24, 2.45) is 0 Å². The summed E-state index contributed by atoms with van der Waals surface area (Å²) < 4.78 is 6.76. The molecule has 0 saturated carbocycles. The summed E-state index contributed by atoms with van der Waals surface area (Å²) in [5, 5.41) is 21.0. The van der Waals surface area contributed by atoms with Crippen molar-refractivity contribution in [3.8, 4) is 5.75 Å². The van der Waals surface area contributed by atoms with Crippen molar-refractivity contribution >= 4 is 22.8 Å². The molecule has 3 rings (SSSR count). The van der Waals surface area contributed by atoms with E-state index in [0.717, 1.165) is 11.9 Å². The molecule has 0 radical (unpaired) electrons. The highest BCUT2D eigenvalue weighted by Crippen LogP contribution is 2.25. The molecule has 9 nitrogen and oxygen atoms in total. The number of phenols is 1. The number of amides is 2. The Labute approximate surface area is 193 Å². The van der Waals surface area contributed by atoms with E-state index in [0.29, 0.717) is 11.1 Å². The van der Waals surface area contributed by atoms with Gasteiger partial charge in [-0.25, -0.2) is 4.68 Å². The number of phenolic OH excluding ortho intramolecular Hbond substituents is 1. The van der Waals surface area contributed by atoms with E-state index < -0.39 is 11.6 Å². The fourth-order valence-corrected chi connectivity index (χ4v) is 3.46. The van der Waals surface area contributed by atoms with Crippen LogP contribution in [-0.4, -0.2) is 62.6 Å². The molecule has 1 heterocycles. The number of ether oxygens (including phenoxy) is 1. The van der Waals surface area contributed by atoms with Gasteiger partial charge in [0.15, 0.2) is 0 Å². The molecule has 0 fully saturated rings. The highest BCUT2D eigenvalue weighted by atomic mass is 16.5. The second-order valence-corrected chi connectivity index (χ2v) is 8.54. The number of rotatable bonds is 10. The standard InChI is InChI=1S/C24H31N5O4/c1-5-24(2,3)25-23(32)22(17-10-12-18(30)13-11-17)28(14-15-33-4)21(31)16-29-20-9-7-6-8-19(20)26-27-29/h6-13,22,30H,5,14-16H2,1-4H3,(H,25,32)/t22-/m0/s1. The molecular formula is C24H31N5O4. The van der Waals surface area contributed by atoms with Gasteiger partial charge in [0.2, 0.25) is 11.8 Å². The minimum absolute atomic E-state index is 0.0793. The van der Waals surface area contributed by atoms with Gasteiger partial charge in [0.05, 0.1) is 12.1 Å². The van der Waals surface area contributed by atoms with Gasteiger partial charge in [-0.05, 0) is 50.1 Å². The number of carbonyl (C=O) groups is 2. The molecule has 1 atom stereocenters. The Morgan fingerprint density at radius 3 is 2.55 bits per heavy atom. The molecule has 3 aromatic rings. The second-order valence-electron chi connectivity index (χ2n) is 8.54. The zero-order valence-corrected chi connectivity index (χ0v) is 19.5. The number of para-hydroxylation sites is 1. The van der Waals surface area contributed by atoms with E-state index >= 15 is 0 Å². The third kappa shape index (κ3) is 5.87. The lowest BCUT2D eigenvalue weighted by Crippen LogP contribution is -2.51. The summed E-state index contributed by atoms with van der Waals surface area (Å²) in [6, 6.07) is 12.8. The largest absolute Gasteiger partial charge is 0.508 e. The van der Waals surface area contributed by atoms with Crippen molar-refractivity contribution in [3.05, 3.63) is 54.1 Å². The Morgan fingerprint density at radius 2 is 1.88 bits per heavy atom. The Kier molecular flexibility index (Phi) is 7.65. The van der Waals surface area contributed by atoms with Crippen LogP contribution < -0.4 is 5.32 Å². The fraction of sp³-hybridized carbons (Fsp3) is 0.417. The molecule has 0 unspecified atom stereocenters. The van der Waals surface area contributed by atoms with E-state index in [1.54, 1.807) is 19.2 Å². The maximum absolute atomic E-state index is 13.5. The van der Waals surface area contributed by atoms with Crippen LogP contribution in [0.25, 0.3) is 11.0 Å². The monoisotopic (exact) mass is 453 g/mol. The van der Waals surface area contributed by atoms with Crippen molar-refractivity contribution in [1.82, 2.24) is 25.2 Å². The number of fused-ring (bicyclic) bond motifs is 1. The van der Waals surface area contributed by atoms with Gasteiger partial charge in [-0.3, -0.25) is 9.59 Å². The van der Waals surface area contributed by atoms with Gasteiger partial charge in [0, 0.05) is 19.2 Å². The van der Waals surface area contributed by atoms with Gasteiger partial charge in [0.1, 0.15) is 23.9 Å². The van der Waals surface area contributed by atoms with Gasteiger partial charge in [-0.1, -0.05) is 36.4 Å². The Balaban J connectivity index is 1.97. The highest BCUT2D eigenvalue weighted by Gasteiger charge is 2.34. The van der Waals surface area contributed by atoms with E-state index in [1.165, 1.54) is 21.7 Å². The SMILES string of the molecule is CCC(C)(C)NC(=O)[C@H](c1ccc(O)cc1)N(CCOC)C(=O)Cn1nnc2ccccc21. The first-order valence-corrected chi connectivity index (χ1v) is 10.9. The molecule has 0 bridgehead atoms. The summed E-state index contributed by atoms with van der Waals surface area (Å²) in [7, 11) is 1.55. The molecule has 176 valence electrons. The van der Waals surface area contributed by atoms with Crippen LogP contribution in [0.5, 0.6) is 5.75 Å². The molecule has 0 spiro atoms. The van der Waals surface area contributed by atoms with E-state index in [4.69, 9.17) is 4.74 Å².